The zero-order valence-electron chi connectivity index (χ0n) is 15.3. The zero-order valence-corrected chi connectivity index (χ0v) is 15.3. The lowest BCUT2D eigenvalue weighted by atomic mass is 9.92. The molecule has 1 amide bonds. The quantitative estimate of drug-likeness (QED) is 0.314. The summed E-state index contributed by atoms with van der Waals surface area (Å²) >= 11 is 0. The molecular formula is C21H18N2O5. The van der Waals surface area contributed by atoms with Gasteiger partial charge < -0.3 is 10.1 Å². The smallest absolute Gasteiger partial charge is 0.308 e. The van der Waals surface area contributed by atoms with Gasteiger partial charge in [0.15, 0.2) is 0 Å². The highest BCUT2D eigenvalue weighted by molar-refractivity contribution is 5.90. The third-order valence-electron chi connectivity index (χ3n) is 4.26. The zero-order chi connectivity index (χ0) is 20.3. The molecule has 28 heavy (non-hydrogen) atoms. The Morgan fingerprint density at radius 3 is 2.29 bits per heavy atom. The molecule has 0 aliphatic heterocycles. The number of carbonyl (C=O) groups excluding carboxylic acids is 2. The first-order valence-corrected chi connectivity index (χ1v) is 8.58. The topological polar surface area (TPSA) is 98.5 Å². The van der Waals surface area contributed by atoms with Crippen molar-refractivity contribution in [3.63, 3.8) is 0 Å². The van der Waals surface area contributed by atoms with Crippen LogP contribution in [-0.4, -0.2) is 16.8 Å². The van der Waals surface area contributed by atoms with Gasteiger partial charge in [-0.15, -0.1) is 0 Å². The minimum absolute atomic E-state index is 0.0524. The largest absolute Gasteiger partial charge is 0.426 e. The van der Waals surface area contributed by atoms with Crippen molar-refractivity contribution in [2.24, 2.45) is 0 Å². The molecule has 0 saturated heterocycles. The number of hydrogen-bond donors (Lipinski definition) is 1. The summed E-state index contributed by atoms with van der Waals surface area (Å²) in [6.45, 7) is 2.69. The number of rotatable bonds is 5. The average molecular weight is 378 g/mol. The fourth-order valence-corrected chi connectivity index (χ4v) is 3.13. The van der Waals surface area contributed by atoms with E-state index in [1.807, 2.05) is 30.3 Å². The van der Waals surface area contributed by atoms with E-state index in [0.29, 0.717) is 16.9 Å². The number of nitrogens with one attached hydrogen (secondary N) is 1. The summed E-state index contributed by atoms with van der Waals surface area (Å²) in [7, 11) is 0. The maximum Gasteiger partial charge on any atom is 0.308 e. The molecule has 0 fully saturated rings. The predicted octanol–water partition coefficient (Wildman–Crippen LogP) is 3.90. The standard InChI is InChI=1S/C21H18N2O5/c1-13(24)22-21(16-7-10-17(11-8-16)23(26)27)20-18-6-4-3-5-15(18)9-12-19(20)28-14(2)25/h3-12,21H,1-2H3,(H,22,24)/t21-/m0/s1. The summed E-state index contributed by atoms with van der Waals surface area (Å²) in [5, 5.41) is 15.5. The Morgan fingerprint density at radius 2 is 1.68 bits per heavy atom. The molecule has 3 rings (SSSR count). The van der Waals surface area contributed by atoms with E-state index < -0.39 is 16.9 Å². The fourth-order valence-electron chi connectivity index (χ4n) is 3.13. The SMILES string of the molecule is CC(=O)N[C@@H](c1ccc([N+](=O)[O-])cc1)c1c(OC(C)=O)ccc2ccccc12. The number of fused-ring (bicyclic) bond motifs is 1. The van der Waals surface area contributed by atoms with Gasteiger partial charge in [0.2, 0.25) is 5.91 Å². The first-order chi connectivity index (χ1) is 13.4. The number of hydrogen-bond acceptors (Lipinski definition) is 5. The van der Waals surface area contributed by atoms with Gasteiger partial charge in [0.05, 0.1) is 11.0 Å². The average Bonchev–Trinajstić information content (AvgIpc) is 2.66. The third kappa shape index (κ3) is 3.98. The van der Waals surface area contributed by atoms with Crippen LogP contribution in [0.3, 0.4) is 0 Å². The van der Waals surface area contributed by atoms with E-state index in [9.17, 15) is 19.7 Å². The van der Waals surface area contributed by atoms with Crippen LogP contribution in [0.1, 0.15) is 31.0 Å². The predicted molar refractivity (Wildman–Crippen MR) is 104 cm³/mol. The van der Waals surface area contributed by atoms with Crippen molar-refractivity contribution in [1.29, 1.82) is 0 Å². The van der Waals surface area contributed by atoms with Crippen LogP contribution in [0.25, 0.3) is 10.8 Å². The minimum Gasteiger partial charge on any atom is -0.426 e. The number of amides is 1. The fraction of sp³-hybridized carbons (Fsp3) is 0.143. The van der Waals surface area contributed by atoms with Gasteiger partial charge in [0, 0.05) is 31.5 Å². The lowest BCUT2D eigenvalue weighted by Crippen LogP contribution is -2.27. The summed E-state index contributed by atoms with van der Waals surface area (Å²) in [6.07, 6.45) is 0. The molecule has 0 aliphatic carbocycles. The normalized spacial score (nSPS) is 11.6. The van der Waals surface area contributed by atoms with Crippen molar-refractivity contribution >= 4 is 28.3 Å². The molecule has 1 atom stereocenters. The van der Waals surface area contributed by atoms with Gasteiger partial charge in [-0.05, 0) is 34.5 Å². The molecule has 0 saturated carbocycles. The van der Waals surface area contributed by atoms with Gasteiger partial charge in [0.1, 0.15) is 5.75 Å². The molecule has 0 unspecified atom stereocenters. The number of nitro groups is 1. The Kier molecular flexibility index (Phi) is 5.35. The van der Waals surface area contributed by atoms with Gasteiger partial charge >= 0.3 is 5.97 Å². The second-order valence-corrected chi connectivity index (χ2v) is 6.27. The number of nitrogens with zero attached hydrogens (tertiary/aromatic N) is 1. The molecule has 0 aliphatic rings. The van der Waals surface area contributed by atoms with E-state index in [1.165, 1.54) is 26.0 Å². The molecule has 0 radical (unpaired) electrons. The number of non-ortho nitro benzene ring substituents is 1. The molecule has 7 heteroatoms. The van der Waals surface area contributed by atoms with Crippen molar-refractivity contribution < 1.29 is 19.2 Å². The van der Waals surface area contributed by atoms with Crippen molar-refractivity contribution in [3.05, 3.63) is 81.9 Å². The van der Waals surface area contributed by atoms with E-state index >= 15 is 0 Å². The van der Waals surface area contributed by atoms with Crippen LogP contribution < -0.4 is 10.1 Å². The number of esters is 1. The van der Waals surface area contributed by atoms with Crippen LogP contribution in [0.5, 0.6) is 5.75 Å². The molecule has 0 bridgehead atoms. The van der Waals surface area contributed by atoms with Crippen LogP contribution in [0.15, 0.2) is 60.7 Å². The van der Waals surface area contributed by atoms with Gasteiger partial charge in [-0.25, -0.2) is 0 Å². The van der Waals surface area contributed by atoms with Crippen LogP contribution >= 0.6 is 0 Å². The maximum absolute atomic E-state index is 11.9. The van der Waals surface area contributed by atoms with Crippen molar-refractivity contribution in [2.45, 2.75) is 19.9 Å². The lowest BCUT2D eigenvalue weighted by Gasteiger charge is -2.23. The van der Waals surface area contributed by atoms with Crippen molar-refractivity contribution in [2.75, 3.05) is 0 Å². The monoisotopic (exact) mass is 378 g/mol. The summed E-state index contributed by atoms with van der Waals surface area (Å²) in [6, 6.07) is 16.3. The van der Waals surface area contributed by atoms with Crippen molar-refractivity contribution in [3.8, 4) is 5.75 Å². The summed E-state index contributed by atoms with van der Waals surface area (Å²) in [4.78, 5) is 34.0. The number of carbonyl (C=O) groups is 2. The minimum atomic E-state index is -0.654. The molecule has 0 spiro atoms. The van der Waals surface area contributed by atoms with Crippen molar-refractivity contribution in [1.82, 2.24) is 5.32 Å². The highest BCUT2D eigenvalue weighted by Crippen LogP contribution is 2.37. The van der Waals surface area contributed by atoms with Gasteiger partial charge in [-0.1, -0.05) is 30.3 Å². The van der Waals surface area contributed by atoms with E-state index in [2.05, 4.69) is 5.32 Å². The van der Waals surface area contributed by atoms with E-state index in [4.69, 9.17) is 4.74 Å². The van der Waals surface area contributed by atoms with Gasteiger partial charge in [-0.2, -0.15) is 0 Å². The molecule has 1 N–H and O–H groups in total. The molecular weight excluding hydrogens is 360 g/mol. The van der Waals surface area contributed by atoms with Crippen LogP contribution in [-0.2, 0) is 9.59 Å². The molecule has 142 valence electrons. The summed E-state index contributed by atoms with van der Waals surface area (Å²) < 4.78 is 5.40. The first-order valence-electron chi connectivity index (χ1n) is 8.58. The number of ether oxygens (including phenoxy) is 1. The lowest BCUT2D eigenvalue weighted by molar-refractivity contribution is -0.384. The number of benzene rings is 3. The van der Waals surface area contributed by atoms with E-state index in [-0.39, 0.29) is 11.6 Å². The molecule has 0 heterocycles. The van der Waals surface area contributed by atoms with Crippen LogP contribution in [0.4, 0.5) is 5.69 Å². The second-order valence-electron chi connectivity index (χ2n) is 6.27. The Balaban J connectivity index is 2.23. The number of nitro benzene ring substituents is 1. The van der Waals surface area contributed by atoms with Crippen LogP contribution in [0, 0.1) is 10.1 Å². The molecule has 0 aromatic heterocycles. The molecule has 7 nitrogen and oxygen atoms in total. The Labute approximate surface area is 161 Å². The van der Waals surface area contributed by atoms with E-state index in [0.717, 1.165) is 10.8 Å². The second kappa shape index (κ2) is 7.87. The van der Waals surface area contributed by atoms with Gasteiger partial charge in [-0.3, -0.25) is 19.7 Å². The summed E-state index contributed by atoms with van der Waals surface area (Å²) in [5.41, 5.74) is 1.19. The van der Waals surface area contributed by atoms with Gasteiger partial charge in [0.25, 0.3) is 5.69 Å². The Bertz CT molecular complexity index is 1060. The Hall–Kier alpha value is -3.74. The van der Waals surface area contributed by atoms with E-state index in [1.54, 1.807) is 18.2 Å². The maximum atomic E-state index is 11.9. The third-order valence-corrected chi connectivity index (χ3v) is 4.26. The first kappa shape index (κ1) is 19.0. The Morgan fingerprint density at radius 1 is 1.00 bits per heavy atom. The van der Waals surface area contributed by atoms with Crippen LogP contribution in [0.2, 0.25) is 0 Å². The molecule has 3 aromatic carbocycles. The highest BCUT2D eigenvalue weighted by Gasteiger charge is 2.23. The summed E-state index contributed by atoms with van der Waals surface area (Å²) in [5.74, 6) is -0.449. The highest BCUT2D eigenvalue weighted by atomic mass is 16.6. The molecule has 3 aromatic rings.